The predicted molar refractivity (Wildman–Crippen MR) is 81.3 cm³/mol. The molecule has 0 aliphatic rings. The lowest BCUT2D eigenvalue weighted by atomic mass is 10.1. The second kappa shape index (κ2) is 7.17. The molecule has 6 heteroatoms. The molecule has 1 atom stereocenters. The Morgan fingerprint density at radius 1 is 1.29 bits per heavy atom. The molecule has 2 aromatic rings. The van der Waals surface area contributed by atoms with Crippen molar-refractivity contribution in [1.82, 2.24) is 25.3 Å². The van der Waals surface area contributed by atoms with Crippen LogP contribution in [0.25, 0.3) is 0 Å². The summed E-state index contributed by atoms with van der Waals surface area (Å²) in [7, 11) is 3.57. The summed E-state index contributed by atoms with van der Waals surface area (Å²) in [4.78, 5) is 0. The van der Waals surface area contributed by atoms with Crippen molar-refractivity contribution in [1.29, 1.82) is 0 Å². The van der Waals surface area contributed by atoms with Gasteiger partial charge in [-0.3, -0.25) is 4.68 Å². The van der Waals surface area contributed by atoms with E-state index < -0.39 is 0 Å². The Hall–Kier alpha value is -1.95. The van der Waals surface area contributed by atoms with Crippen molar-refractivity contribution in [3.8, 4) is 5.88 Å². The van der Waals surface area contributed by atoms with E-state index in [0.717, 1.165) is 30.8 Å². The molecular weight excluding hydrogens is 266 g/mol. The average Bonchev–Trinajstić information content (AvgIpc) is 2.87. The summed E-state index contributed by atoms with van der Waals surface area (Å²) < 4.78 is 7.00. The molecular formula is C15H23N5O. The van der Waals surface area contributed by atoms with E-state index in [-0.39, 0.29) is 6.04 Å². The summed E-state index contributed by atoms with van der Waals surface area (Å²) in [6.07, 6.45) is 1.78. The van der Waals surface area contributed by atoms with Crippen LogP contribution in [-0.2, 0) is 19.9 Å². The molecule has 2 aromatic heterocycles. The average molecular weight is 289 g/mol. The van der Waals surface area contributed by atoms with Crippen LogP contribution >= 0.6 is 0 Å². The highest BCUT2D eigenvalue weighted by Crippen LogP contribution is 2.18. The number of methoxy groups -OCH3 is 1. The number of aryl methyl sites for hydroxylation is 2. The van der Waals surface area contributed by atoms with Gasteiger partial charge in [-0.1, -0.05) is 13.8 Å². The van der Waals surface area contributed by atoms with Crippen molar-refractivity contribution in [2.45, 2.75) is 32.7 Å². The zero-order chi connectivity index (χ0) is 15.2. The fourth-order valence-electron chi connectivity index (χ4n) is 2.30. The number of nitrogens with one attached hydrogen (secondary N) is 1. The van der Waals surface area contributed by atoms with Gasteiger partial charge in [0.1, 0.15) is 0 Å². The third kappa shape index (κ3) is 3.78. The topological polar surface area (TPSA) is 64.9 Å². The first kappa shape index (κ1) is 15.4. The van der Waals surface area contributed by atoms with Gasteiger partial charge in [0, 0.05) is 25.2 Å². The largest absolute Gasteiger partial charge is 0.480 e. The molecule has 0 aliphatic carbocycles. The lowest BCUT2D eigenvalue weighted by molar-refractivity contribution is 0.389. The normalized spacial score (nSPS) is 12.4. The molecule has 6 nitrogen and oxygen atoms in total. The fourth-order valence-corrected chi connectivity index (χ4v) is 2.30. The summed E-state index contributed by atoms with van der Waals surface area (Å²) in [6.45, 7) is 5.07. The van der Waals surface area contributed by atoms with Crippen LogP contribution in [0.1, 0.15) is 37.0 Å². The van der Waals surface area contributed by atoms with Crippen LogP contribution in [0.4, 0.5) is 0 Å². The van der Waals surface area contributed by atoms with Crippen LogP contribution in [0.5, 0.6) is 5.88 Å². The van der Waals surface area contributed by atoms with E-state index in [0.29, 0.717) is 5.88 Å². The van der Waals surface area contributed by atoms with E-state index in [1.54, 1.807) is 7.11 Å². The van der Waals surface area contributed by atoms with Gasteiger partial charge >= 0.3 is 0 Å². The van der Waals surface area contributed by atoms with Crippen molar-refractivity contribution in [3.05, 3.63) is 35.3 Å². The predicted octanol–water partition coefficient (Wildman–Crippen LogP) is 1.67. The quantitative estimate of drug-likeness (QED) is 0.840. The third-order valence-corrected chi connectivity index (χ3v) is 3.48. The fraction of sp³-hybridized carbons (Fsp3) is 0.533. The number of ether oxygens (including phenoxy) is 1. The van der Waals surface area contributed by atoms with Crippen molar-refractivity contribution in [2.75, 3.05) is 13.7 Å². The number of rotatable bonds is 7. The van der Waals surface area contributed by atoms with E-state index in [4.69, 9.17) is 4.74 Å². The van der Waals surface area contributed by atoms with Crippen LogP contribution in [0, 0.1) is 0 Å². The molecule has 1 unspecified atom stereocenters. The van der Waals surface area contributed by atoms with Crippen molar-refractivity contribution in [3.63, 3.8) is 0 Å². The molecule has 0 radical (unpaired) electrons. The molecule has 1 N–H and O–H groups in total. The number of hydrogen-bond acceptors (Lipinski definition) is 5. The van der Waals surface area contributed by atoms with Gasteiger partial charge in [0.2, 0.25) is 5.88 Å². The van der Waals surface area contributed by atoms with Gasteiger partial charge in [0.05, 0.1) is 24.5 Å². The highest BCUT2D eigenvalue weighted by Gasteiger charge is 2.16. The maximum Gasteiger partial charge on any atom is 0.233 e. The van der Waals surface area contributed by atoms with Crippen molar-refractivity contribution < 1.29 is 4.74 Å². The van der Waals surface area contributed by atoms with Crippen LogP contribution in [0.3, 0.4) is 0 Å². The molecule has 21 heavy (non-hydrogen) atoms. The van der Waals surface area contributed by atoms with Crippen LogP contribution < -0.4 is 10.1 Å². The minimum atomic E-state index is 0.119. The lowest BCUT2D eigenvalue weighted by Gasteiger charge is -2.17. The highest BCUT2D eigenvalue weighted by atomic mass is 16.5. The SMILES string of the molecule is CCNC(Cc1cc(CC)nn1C)c1ccc(OC)nn1. The van der Waals surface area contributed by atoms with Gasteiger partial charge < -0.3 is 10.1 Å². The zero-order valence-corrected chi connectivity index (χ0v) is 13.1. The number of hydrogen-bond donors (Lipinski definition) is 1. The molecule has 0 fully saturated rings. The third-order valence-electron chi connectivity index (χ3n) is 3.48. The molecule has 0 spiro atoms. The van der Waals surface area contributed by atoms with Gasteiger partial charge in [-0.05, 0) is 25.1 Å². The highest BCUT2D eigenvalue weighted by molar-refractivity contribution is 5.18. The van der Waals surface area contributed by atoms with E-state index in [1.807, 2.05) is 23.9 Å². The van der Waals surface area contributed by atoms with Crippen molar-refractivity contribution >= 4 is 0 Å². The lowest BCUT2D eigenvalue weighted by Crippen LogP contribution is -2.25. The van der Waals surface area contributed by atoms with Crippen LogP contribution in [-0.4, -0.2) is 33.6 Å². The smallest absolute Gasteiger partial charge is 0.233 e. The monoisotopic (exact) mass is 289 g/mol. The van der Waals surface area contributed by atoms with E-state index >= 15 is 0 Å². The van der Waals surface area contributed by atoms with Crippen LogP contribution in [0.15, 0.2) is 18.2 Å². The minimum Gasteiger partial charge on any atom is -0.480 e. The van der Waals surface area contributed by atoms with Crippen LogP contribution in [0.2, 0.25) is 0 Å². The number of likely N-dealkylation sites (N-methyl/N-ethyl adjacent to an activating group) is 1. The Morgan fingerprint density at radius 3 is 2.62 bits per heavy atom. The zero-order valence-electron chi connectivity index (χ0n) is 13.1. The number of aromatic nitrogens is 4. The van der Waals surface area contributed by atoms with Crippen molar-refractivity contribution in [2.24, 2.45) is 7.05 Å². The molecule has 0 aliphatic heterocycles. The molecule has 0 aromatic carbocycles. The van der Waals surface area contributed by atoms with Gasteiger partial charge in [-0.2, -0.15) is 10.2 Å². The van der Waals surface area contributed by atoms with Gasteiger partial charge in [-0.25, -0.2) is 0 Å². The number of nitrogens with zero attached hydrogens (tertiary/aromatic N) is 4. The first-order valence-electron chi connectivity index (χ1n) is 7.30. The second-order valence-corrected chi connectivity index (χ2v) is 4.92. The Kier molecular flexibility index (Phi) is 5.27. The summed E-state index contributed by atoms with van der Waals surface area (Å²) in [5.41, 5.74) is 3.22. The summed E-state index contributed by atoms with van der Waals surface area (Å²) >= 11 is 0. The maximum atomic E-state index is 5.06. The summed E-state index contributed by atoms with van der Waals surface area (Å²) in [5.74, 6) is 0.530. The maximum absolute atomic E-state index is 5.06. The molecule has 0 amide bonds. The molecule has 0 saturated heterocycles. The standard InChI is InChI=1S/C15H23N5O/c1-5-11-9-12(20(3)19-11)10-14(16-6-2)13-7-8-15(21-4)18-17-13/h7-9,14,16H,5-6,10H2,1-4H3. The summed E-state index contributed by atoms with van der Waals surface area (Å²) in [6, 6.07) is 6.07. The Labute approximate surface area is 125 Å². The second-order valence-electron chi connectivity index (χ2n) is 4.92. The molecule has 2 heterocycles. The first-order valence-corrected chi connectivity index (χ1v) is 7.30. The van der Waals surface area contributed by atoms with Gasteiger partial charge in [-0.15, -0.1) is 5.10 Å². The van der Waals surface area contributed by atoms with E-state index in [1.165, 1.54) is 5.69 Å². The molecule has 2 rings (SSSR count). The minimum absolute atomic E-state index is 0.119. The van der Waals surface area contributed by atoms with Gasteiger partial charge in [0.25, 0.3) is 0 Å². The Morgan fingerprint density at radius 2 is 2.10 bits per heavy atom. The van der Waals surface area contributed by atoms with E-state index in [9.17, 15) is 0 Å². The molecule has 0 saturated carbocycles. The molecule has 114 valence electrons. The van der Waals surface area contributed by atoms with Gasteiger partial charge in [0.15, 0.2) is 0 Å². The Balaban J connectivity index is 2.19. The first-order chi connectivity index (χ1) is 10.2. The van der Waals surface area contributed by atoms with E-state index in [2.05, 4.69) is 40.5 Å². The summed E-state index contributed by atoms with van der Waals surface area (Å²) in [5, 5.41) is 16.3. The molecule has 0 bridgehead atoms. The Bertz CT molecular complexity index is 564.